The van der Waals surface area contributed by atoms with Gasteiger partial charge >= 0.3 is 0 Å². The van der Waals surface area contributed by atoms with Gasteiger partial charge in [-0.2, -0.15) is 5.10 Å². The number of rotatable bonds is 5. The molecule has 0 bridgehead atoms. The molecule has 1 aromatic carbocycles. The second kappa shape index (κ2) is 5.95. The summed E-state index contributed by atoms with van der Waals surface area (Å²) in [5.74, 6) is 0.854. The van der Waals surface area contributed by atoms with Gasteiger partial charge in [-0.3, -0.25) is 9.89 Å². The summed E-state index contributed by atoms with van der Waals surface area (Å²) in [5.41, 5.74) is 4.43. The van der Waals surface area contributed by atoms with Crippen LogP contribution in [-0.2, 0) is 4.79 Å². The first-order chi connectivity index (χ1) is 10.6. The first kappa shape index (κ1) is 14.8. The molecule has 0 saturated heterocycles. The minimum atomic E-state index is -0.131. The van der Waals surface area contributed by atoms with E-state index in [1.165, 1.54) is 5.56 Å². The fraction of sp³-hybridized carbons (Fsp3) is 0.444. The van der Waals surface area contributed by atoms with E-state index < -0.39 is 0 Å². The second-order valence-electron chi connectivity index (χ2n) is 6.49. The lowest BCUT2D eigenvalue weighted by atomic mass is 9.95. The lowest BCUT2D eigenvalue weighted by Gasteiger charge is -2.20. The average molecular weight is 297 g/mol. The maximum Gasteiger partial charge on any atom is 0.223 e. The van der Waals surface area contributed by atoms with E-state index >= 15 is 0 Å². The van der Waals surface area contributed by atoms with E-state index in [1.807, 2.05) is 13.1 Å². The van der Waals surface area contributed by atoms with Crippen LogP contribution in [0.1, 0.15) is 61.0 Å². The molecule has 2 N–H and O–H groups in total. The van der Waals surface area contributed by atoms with Crippen LogP contribution in [0, 0.1) is 12.8 Å². The third-order valence-electron chi connectivity index (χ3n) is 4.35. The summed E-state index contributed by atoms with van der Waals surface area (Å²) in [6, 6.07) is 8.38. The molecule has 1 atom stereocenters. The minimum Gasteiger partial charge on any atom is -0.345 e. The van der Waals surface area contributed by atoms with E-state index in [2.05, 4.69) is 53.6 Å². The van der Waals surface area contributed by atoms with E-state index in [0.717, 1.165) is 29.7 Å². The highest BCUT2D eigenvalue weighted by atomic mass is 16.2. The Balaban J connectivity index is 1.90. The highest BCUT2D eigenvalue weighted by Gasteiger charge is 2.32. The number of carbonyl (C=O) groups excluding carboxylic acids is 1. The monoisotopic (exact) mass is 297 g/mol. The molecular weight excluding hydrogens is 274 g/mol. The van der Waals surface area contributed by atoms with E-state index in [1.54, 1.807) is 0 Å². The van der Waals surface area contributed by atoms with Crippen LogP contribution in [0.5, 0.6) is 0 Å². The van der Waals surface area contributed by atoms with Gasteiger partial charge in [0, 0.05) is 17.2 Å². The van der Waals surface area contributed by atoms with Crippen molar-refractivity contribution in [1.82, 2.24) is 15.5 Å². The maximum absolute atomic E-state index is 12.2. The van der Waals surface area contributed by atoms with Crippen molar-refractivity contribution < 1.29 is 4.79 Å². The molecule has 2 aromatic rings. The summed E-state index contributed by atoms with van der Waals surface area (Å²) in [5, 5.41) is 10.3. The number of amides is 1. The van der Waals surface area contributed by atoms with Gasteiger partial charge in [-0.05, 0) is 36.8 Å². The predicted molar refractivity (Wildman–Crippen MR) is 86.6 cm³/mol. The number of aromatic amines is 1. The molecular formula is C18H23N3O. The highest BCUT2D eigenvalue weighted by molar-refractivity contribution is 5.81. The van der Waals surface area contributed by atoms with Gasteiger partial charge in [0.15, 0.2) is 0 Å². The standard InChI is InChI=1S/C18H23N3O/c1-11(2)13-4-6-14(7-5-13)17(16-10-19-21-12(16)3)20-18(22)15-8-9-15/h4-7,10-11,15,17H,8-9H2,1-3H3,(H,19,21)(H,20,22). The number of nitrogens with one attached hydrogen (secondary N) is 2. The molecule has 4 nitrogen and oxygen atoms in total. The fourth-order valence-electron chi connectivity index (χ4n) is 2.67. The van der Waals surface area contributed by atoms with Gasteiger partial charge in [0.25, 0.3) is 0 Å². The number of benzene rings is 1. The van der Waals surface area contributed by atoms with E-state index in [0.29, 0.717) is 5.92 Å². The predicted octanol–water partition coefficient (Wildman–Crippen LogP) is 3.46. The molecule has 0 radical (unpaired) electrons. The minimum absolute atomic E-state index is 0.131. The number of nitrogens with zero attached hydrogens (tertiary/aromatic N) is 1. The number of hydrogen-bond acceptors (Lipinski definition) is 2. The maximum atomic E-state index is 12.2. The van der Waals surface area contributed by atoms with Crippen LogP contribution in [0.15, 0.2) is 30.5 Å². The Morgan fingerprint density at radius 1 is 1.23 bits per heavy atom. The average Bonchev–Trinajstić information content (AvgIpc) is 3.27. The van der Waals surface area contributed by atoms with Crippen LogP contribution >= 0.6 is 0 Å². The zero-order chi connectivity index (χ0) is 15.7. The fourth-order valence-corrected chi connectivity index (χ4v) is 2.67. The Morgan fingerprint density at radius 2 is 1.86 bits per heavy atom. The van der Waals surface area contributed by atoms with Gasteiger partial charge in [-0.1, -0.05) is 38.1 Å². The van der Waals surface area contributed by atoms with Crippen molar-refractivity contribution >= 4 is 5.91 Å². The molecule has 0 spiro atoms. The molecule has 1 heterocycles. The van der Waals surface area contributed by atoms with Crippen molar-refractivity contribution in [1.29, 1.82) is 0 Å². The van der Waals surface area contributed by atoms with Gasteiger partial charge < -0.3 is 5.32 Å². The Kier molecular flexibility index (Phi) is 4.01. The van der Waals surface area contributed by atoms with Gasteiger partial charge in [0.05, 0.1) is 12.2 Å². The quantitative estimate of drug-likeness (QED) is 0.888. The van der Waals surface area contributed by atoms with Crippen molar-refractivity contribution in [2.45, 2.75) is 45.6 Å². The van der Waals surface area contributed by atoms with Crippen molar-refractivity contribution in [2.75, 3.05) is 0 Å². The van der Waals surface area contributed by atoms with Crippen LogP contribution in [0.3, 0.4) is 0 Å². The summed E-state index contributed by atoms with van der Waals surface area (Å²) in [7, 11) is 0. The van der Waals surface area contributed by atoms with Gasteiger partial charge in [0.2, 0.25) is 5.91 Å². The molecule has 1 unspecified atom stereocenters. The molecule has 1 aliphatic carbocycles. The molecule has 1 amide bonds. The van der Waals surface area contributed by atoms with Crippen LogP contribution in [0.25, 0.3) is 0 Å². The van der Waals surface area contributed by atoms with Gasteiger partial charge in [-0.15, -0.1) is 0 Å². The van der Waals surface area contributed by atoms with Gasteiger partial charge in [-0.25, -0.2) is 0 Å². The second-order valence-corrected chi connectivity index (χ2v) is 6.49. The molecule has 116 valence electrons. The Bertz CT molecular complexity index is 653. The number of aromatic nitrogens is 2. The molecule has 22 heavy (non-hydrogen) atoms. The third-order valence-corrected chi connectivity index (χ3v) is 4.35. The summed E-state index contributed by atoms with van der Waals surface area (Å²) < 4.78 is 0. The van der Waals surface area contributed by atoms with Crippen molar-refractivity contribution in [3.8, 4) is 0 Å². The summed E-state index contributed by atoms with van der Waals surface area (Å²) in [6.07, 6.45) is 3.83. The number of H-pyrrole nitrogens is 1. The summed E-state index contributed by atoms with van der Waals surface area (Å²) in [6.45, 7) is 6.35. The first-order valence-corrected chi connectivity index (χ1v) is 7.96. The highest BCUT2D eigenvalue weighted by Crippen LogP contribution is 2.32. The number of carbonyl (C=O) groups is 1. The molecule has 1 aliphatic rings. The molecule has 1 aromatic heterocycles. The van der Waals surface area contributed by atoms with E-state index in [9.17, 15) is 4.79 Å². The van der Waals surface area contributed by atoms with Crippen molar-refractivity contribution in [3.05, 3.63) is 52.8 Å². The number of aryl methyl sites for hydroxylation is 1. The normalized spacial score (nSPS) is 15.8. The topological polar surface area (TPSA) is 57.8 Å². The van der Waals surface area contributed by atoms with Crippen LogP contribution in [0.4, 0.5) is 0 Å². The zero-order valence-electron chi connectivity index (χ0n) is 13.4. The molecule has 3 rings (SSSR count). The van der Waals surface area contributed by atoms with Crippen molar-refractivity contribution in [2.24, 2.45) is 5.92 Å². The van der Waals surface area contributed by atoms with E-state index in [4.69, 9.17) is 0 Å². The zero-order valence-corrected chi connectivity index (χ0v) is 13.4. The molecule has 1 saturated carbocycles. The lowest BCUT2D eigenvalue weighted by molar-refractivity contribution is -0.122. The molecule has 1 fully saturated rings. The first-order valence-electron chi connectivity index (χ1n) is 7.96. The molecule has 0 aliphatic heterocycles. The van der Waals surface area contributed by atoms with E-state index in [-0.39, 0.29) is 17.9 Å². The van der Waals surface area contributed by atoms with Gasteiger partial charge in [0.1, 0.15) is 0 Å². The number of hydrogen-bond donors (Lipinski definition) is 2. The summed E-state index contributed by atoms with van der Waals surface area (Å²) >= 11 is 0. The van der Waals surface area contributed by atoms with Crippen LogP contribution < -0.4 is 5.32 Å². The lowest BCUT2D eigenvalue weighted by Crippen LogP contribution is -2.30. The van der Waals surface area contributed by atoms with Crippen LogP contribution in [0.2, 0.25) is 0 Å². The SMILES string of the molecule is Cc1[nH]ncc1C(NC(=O)C1CC1)c1ccc(C(C)C)cc1. The van der Waals surface area contributed by atoms with Crippen LogP contribution in [-0.4, -0.2) is 16.1 Å². The molecule has 4 heteroatoms. The summed E-state index contributed by atoms with van der Waals surface area (Å²) in [4.78, 5) is 12.2. The third kappa shape index (κ3) is 3.06. The Hall–Kier alpha value is -2.10. The smallest absolute Gasteiger partial charge is 0.223 e. The Morgan fingerprint density at radius 3 is 2.36 bits per heavy atom. The Labute approximate surface area is 131 Å². The van der Waals surface area contributed by atoms with Crippen molar-refractivity contribution in [3.63, 3.8) is 0 Å². The largest absolute Gasteiger partial charge is 0.345 e.